The number of rotatable bonds is 1. The predicted octanol–water partition coefficient (Wildman–Crippen LogP) is 3.84. The van der Waals surface area contributed by atoms with Crippen molar-refractivity contribution in [2.24, 2.45) is 0 Å². The fourth-order valence-electron chi connectivity index (χ4n) is 1.77. The standard InChI is InChI=1S/C13H7ClFNOS/c14-10-3-1-2-4-11(10)16-13(17)9-7-8(15)5-6-12(9)18-16/h1-7H. The second kappa shape index (κ2) is 4.23. The van der Waals surface area contributed by atoms with Gasteiger partial charge in [-0.3, -0.25) is 4.79 Å². The van der Waals surface area contributed by atoms with Gasteiger partial charge in [-0.15, -0.1) is 0 Å². The summed E-state index contributed by atoms with van der Waals surface area (Å²) in [7, 11) is 0. The van der Waals surface area contributed by atoms with Gasteiger partial charge in [0.25, 0.3) is 5.56 Å². The summed E-state index contributed by atoms with van der Waals surface area (Å²) in [5.41, 5.74) is 0.369. The maximum Gasteiger partial charge on any atom is 0.273 e. The van der Waals surface area contributed by atoms with Crippen LogP contribution in [0.25, 0.3) is 15.8 Å². The van der Waals surface area contributed by atoms with E-state index >= 15 is 0 Å². The molecule has 18 heavy (non-hydrogen) atoms. The van der Waals surface area contributed by atoms with Gasteiger partial charge in [0.2, 0.25) is 0 Å². The molecule has 0 N–H and O–H groups in total. The molecule has 90 valence electrons. The Hall–Kier alpha value is -1.65. The molecule has 0 spiro atoms. The van der Waals surface area contributed by atoms with Crippen molar-refractivity contribution in [3.8, 4) is 5.69 Å². The van der Waals surface area contributed by atoms with Gasteiger partial charge in [0, 0.05) is 0 Å². The third-order valence-electron chi connectivity index (χ3n) is 2.62. The van der Waals surface area contributed by atoms with E-state index in [0.717, 1.165) is 4.70 Å². The molecule has 0 aliphatic heterocycles. The summed E-state index contributed by atoms with van der Waals surface area (Å²) in [5, 5.41) is 0.867. The Kier molecular flexibility index (Phi) is 2.69. The minimum Gasteiger partial charge on any atom is -0.267 e. The summed E-state index contributed by atoms with van der Waals surface area (Å²) in [5.74, 6) is -0.413. The first-order valence-corrected chi connectivity index (χ1v) is 6.38. The van der Waals surface area contributed by atoms with Crippen LogP contribution in [0.1, 0.15) is 0 Å². The lowest BCUT2D eigenvalue weighted by atomic mass is 10.2. The Morgan fingerprint density at radius 2 is 1.94 bits per heavy atom. The van der Waals surface area contributed by atoms with Crippen LogP contribution in [0.5, 0.6) is 0 Å². The molecule has 0 unspecified atom stereocenters. The van der Waals surface area contributed by atoms with Crippen molar-refractivity contribution in [1.29, 1.82) is 0 Å². The lowest BCUT2D eigenvalue weighted by Gasteiger charge is -2.01. The van der Waals surface area contributed by atoms with Gasteiger partial charge in [-0.05, 0) is 30.3 Å². The van der Waals surface area contributed by atoms with Crippen molar-refractivity contribution in [3.63, 3.8) is 0 Å². The highest BCUT2D eigenvalue weighted by Crippen LogP contribution is 2.25. The van der Waals surface area contributed by atoms with Crippen molar-refractivity contribution < 1.29 is 4.39 Å². The van der Waals surface area contributed by atoms with Crippen LogP contribution in [0.4, 0.5) is 4.39 Å². The number of halogens is 2. The fraction of sp³-hybridized carbons (Fsp3) is 0. The third-order valence-corrected chi connectivity index (χ3v) is 4.03. The van der Waals surface area contributed by atoms with Gasteiger partial charge in [0.05, 0.1) is 20.8 Å². The molecule has 0 amide bonds. The molecule has 0 aliphatic carbocycles. The topological polar surface area (TPSA) is 22.0 Å². The Balaban J connectivity index is 2.35. The van der Waals surface area contributed by atoms with Gasteiger partial charge >= 0.3 is 0 Å². The number of hydrogen-bond acceptors (Lipinski definition) is 2. The van der Waals surface area contributed by atoms with E-state index in [0.29, 0.717) is 16.1 Å². The van der Waals surface area contributed by atoms with Crippen LogP contribution in [0, 0.1) is 5.82 Å². The molecule has 2 nitrogen and oxygen atoms in total. The van der Waals surface area contributed by atoms with Gasteiger partial charge in [-0.2, -0.15) is 0 Å². The molecule has 3 aromatic rings. The van der Waals surface area contributed by atoms with E-state index in [4.69, 9.17) is 11.6 Å². The molecule has 0 atom stereocenters. The number of aromatic nitrogens is 1. The molecule has 3 rings (SSSR count). The number of benzene rings is 2. The lowest BCUT2D eigenvalue weighted by molar-refractivity contribution is 0.629. The molecule has 2 aromatic carbocycles. The number of fused-ring (bicyclic) bond motifs is 1. The van der Waals surface area contributed by atoms with Crippen LogP contribution in [-0.2, 0) is 0 Å². The average Bonchev–Trinajstić information content (AvgIpc) is 2.68. The molecule has 0 saturated carbocycles. The second-order valence-corrected chi connectivity index (χ2v) is 5.18. The highest BCUT2D eigenvalue weighted by molar-refractivity contribution is 7.14. The fourth-order valence-corrected chi connectivity index (χ4v) is 3.05. The monoisotopic (exact) mass is 279 g/mol. The largest absolute Gasteiger partial charge is 0.273 e. The minimum absolute atomic E-state index is 0.248. The molecule has 0 radical (unpaired) electrons. The highest BCUT2D eigenvalue weighted by Gasteiger charge is 2.11. The summed E-state index contributed by atoms with van der Waals surface area (Å²) < 4.78 is 15.4. The van der Waals surface area contributed by atoms with Gasteiger partial charge in [0.15, 0.2) is 0 Å². The summed E-state index contributed by atoms with van der Waals surface area (Å²) in [6.07, 6.45) is 0. The summed E-state index contributed by atoms with van der Waals surface area (Å²) in [6.45, 7) is 0. The SMILES string of the molecule is O=c1c2cc(F)ccc2sn1-c1ccccc1Cl. The zero-order valence-corrected chi connectivity index (χ0v) is 10.6. The maximum absolute atomic E-state index is 13.1. The van der Waals surface area contributed by atoms with Crippen molar-refractivity contribution in [2.45, 2.75) is 0 Å². The molecule has 1 heterocycles. The maximum atomic E-state index is 13.1. The van der Waals surface area contributed by atoms with Gasteiger partial charge in [0.1, 0.15) is 5.82 Å². The Bertz CT molecular complexity index is 793. The normalized spacial score (nSPS) is 11.0. The molecule has 0 bridgehead atoms. The van der Waals surface area contributed by atoms with Crippen molar-refractivity contribution >= 4 is 33.2 Å². The van der Waals surface area contributed by atoms with E-state index in [1.807, 2.05) is 0 Å². The first-order valence-electron chi connectivity index (χ1n) is 5.23. The van der Waals surface area contributed by atoms with Crippen molar-refractivity contribution in [1.82, 2.24) is 3.96 Å². The summed E-state index contributed by atoms with van der Waals surface area (Å²) in [6, 6.07) is 11.3. The van der Waals surface area contributed by atoms with Crippen molar-refractivity contribution in [2.75, 3.05) is 0 Å². The predicted molar refractivity (Wildman–Crippen MR) is 72.4 cm³/mol. The first-order chi connectivity index (χ1) is 8.66. The quantitative estimate of drug-likeness (QED) is 0.663. The van der Waals surface area contributed by atoms with E-state index in [-0.39, 0.29) is 5.56 Å². The molecule has 1 aromatic heterocycles. The van der Waals surface area contributed by atoms with Gasteiger partial charge < -0.3 is 0 Å². The van der Waals surface area contributed by atoms with Gasteiger partial charge in [-0.25, -0.2) is 8.35 Å². The van der Waals surface area contributed by atoms with E-state index < -0.39 is 5.82 Å². The Morgan fingerprint density at radius 3 is 2.72 bits per heavy atom. The van der Waals surface area contributed by atoms with E-state index in [1.165, 1.54) is 27.6 Å². The lowest BCUT2D eigenvalue weighted by Crippen LogP contribution is -2.11. The Morgan fingerprint density at radius 1 is 1.17 bits per heavy atom. The van der Waals surface area contributed by atoms with Crippen LogP contribution in [0.2, 0.25) is 5.02 Å². The third kappa shape index (κ3) is 1.74. The molecule has 0 saturated heterocycles. The van der Waals surface area contributed by atoms with Crippen LogP contribution >= 0.6 is 23.1 Å². The second-order valence-electron chi connectivity index (χ2n) is 3.78. The van der Waals surface area contributed by atoms with Crippen LogP contribution < -0.4 is 5.56 Å². The average molecular weight is 280 g/mol. The molecule has 0 fully saturated rings. The van der Waals surface area contributed by atoms with E-state index in [1.54, 1.807) is 30.3 Å². The van der Waals surface area contributed by atoms with Crippen molar-refractivity contribution in [3.05, 3.63) is 63.7 Å². The molecular weight excluding hydrogens is 273 g/mol. The number of hydrogen-bond donors (Lipinski definition) is 0. The van der Waals surface area contributed by atoms with Crippen LogP contribution in [0.15, 0.2) is 47.3 Å². The number of para-hydroxylation sites is 1. The van der Waals surface area contributed by atoms with E-state index in [2.05, 4.69) is 0 Å². The minimum atomic E-state index is -0.413. The molecular formula is C13H7ClFNOS. The molecule has 5 heteroatoms. The zero-order valence-electron chi connectivity index (χ0n) is 9.06. The highest BCUT2D eigenvalue weighted by atomic mass is 35.5. The smallest absolute Gasteiger partial charge is 0.267 e. The Labute approximate surface area is 111 Å². The van der Waals surface area contributed by atoms with E-state index in [9.17, 15) is 9.18 Å². The molecule has 0 aliphatic rings. The first kappa shape index (κ1) is 11.4. The number of nitrogens with zero attached hydrogens (tertiary/aromatic N) is 1. The summed E-state index contributed by atoms with van der Waals surface area (Å²) >= 11 is 7.32. The van der Waals surface area contributed by atoms with Crippen LogP contribution in [-0.4, -0.2) is 3.96 Å². The zero-order chi connectivity index (χ0) is 12.7. The van der Waals surface area contributed by atoms with Crippen LogP contribution in [0.3, 0.4) is 0 Å². The van der Waals surface area contributed by atoms with Gasteiger partial charge in [-0.1, -0.05) is 35.3 Å². The summed E-state index contributed by atoms with van der Waals surface area (Å²) in [4.78, 5) is 12.2.